The van der Waals surface area contributed by atoms with Gasteiger partial charge < -0.3 is 14.2 Å². The van der Waals surface area contributed by atoms with Crippen molar-refractivity contribution in [2.24, 2.45) is 0 Å². The van der Waals surface area contributed by atoms with Crippen molar-refractivity contribution >= 4 is 54.4 Å². The van der Waals surface area contributed by atoms with Gasteiger partial charge in [-0.3, -0.25) is 4.79 Å². The molecule has 7 heteroatoms. The van der Waals surface area contributed by atoms with Crippen LogP contribution in [-0.2, 0) is 6.42 Å². The molecule has 5 nitrogen and oxygen atoms in total. The van der Waals surface area contributed by atoms with Crippen LogP contribution in [0, 0.1) is 0 Å². The van der Waals surface area contributed by atoms with Crippen LogP contribution in [0.5, 0.6) is 0 Å². The highest BCUT2D eigenvalue weighted by Gasteiger charge is 2.26. The topological polar surface area (TPSA) is 53.8 Å². The average Bonchev–Trinajstić information content (AvgIpc) is 2.73. The lowest BCUT2D eigenvalue weighted by Crippen LogP contribution is -2.49. The first-order chi connectivity index (χ1) is 14.0. The number of aryl methyl sites for hydroxylation is 1. The van der Waals surface area contributed by atoms with Crippen molar-refractivity contribution in [2.75, 3.05) is 31.1 Å². The molecule has 0 radical (unpaired) electrons. The summed E-state index contributed by atoms with van der Waals surface area (Å²) < 4.78 is 6.94. The van der Waals surface area contributed by atoms with Crippen molar-refractivity contribution in [3.63, 3.8) is 0 Å². The minimum absolute atomic E-state index is 0.0740. The lowest BCUT2D eigenvalue weighted by atomic mass is 10.1. The number of halogens is 2. The molecule has 150 valence electrons. The number of anilines is 1. The zero-order chi connectivity index (χ0) is 20.5. The number of rotatable bonds is 3. The predicted molar refractivity (Wildman–Crippen MR) is 122 cm³/mol. The third-order valence-electron chi connectivity index (χ3n) is 5.26. The van der Waals surface area contributed by atoms with E-state index < -0.39 is 5.63 Å². The largest absolute Gasteiger partial charge is 0.421 e. The molecule has 0 bridgehead atoms. The van der Waals surface area contributed by atoms with Crippen LogP contribution in [0.1, 0.15) is 22.8 Å². The number of amides is 1. The Balaban J connectivity index is 1.56. The second kappa shape index (κ2) is 8.32. The zero-order valence-electron chi connectivity index (χ0n) is 16.0. The lowest BCUT2D eigenvalue weighted by molar-refractivity contribution is 0.0742. The van der Waals surface area contributed by atoms with E-state index in [-0.39, 0.29) is 11.5 Å². The Morgan fingerprint density at radius 3 is 2.52 bits per heavy atom. The highest BCUT2D eigenvalue weighted by atomic mass is 79.9. The van der Waals surface area contributed by atoms with Gasteiger partial charge in [0.15, 0.2) is 5.58 Å². The molecule has 1 aliphatic heterocycles. The van der Waals surface area contributed by atoms with E-state index >= 15 is 0 Å². The van der Waals surface area contributed by atoms with Crippen molar-refractivity contribution in [3.05, 3.63) is 73.0 Å². The maximum Gasteiger partial charge on any atom is 0.349 e. The summed E-state index contributed by atoms with van der Waals surface area (Å²) in [5, 5.41) is 0.699. The Hall–Kier alpha value is -2.12. The van der Waals surface area contributed by atoms with Gasteiger partial charge in [0.05, 0.1) is 4.47 Å². The van der Waals surface area contributed by atoms with Crippen molar-refractivity contribution in [1.82, 2.24) is 4.90 Å². The average molecular weight is 520 g/mol. The van der Waals surface area contributed by atoms with Crippen molar-refractivity contribution in [3.8, 4) is 0 Å². The number of carbonyl (C=O) groups excluding carboxylic acids is 1. The number of fused-ring (bicyclic) bond motifs is 1. The molecule has 3 aromatic rings. The minimum Gasteiger partial charge on any atom is -0.421 e. The predicted octanol–water partition coefficient (Wildman–Crippen LogP) is 4.84. The van der Waals surface area contributed by atoms with Crippen LogP contribution >= 0.6 is 31.9 Å². The molecule has 0 aliphatic carbocycles. The number of carbonyl (C=O) groups is 1. The quantitative estimate of drug-likeness (QED) is 0.464. The highest BCUT2D eigenvalue weighted by molar-refractivity contribution is 9.11. The van der Waals surface area contributed by atoms with E-state index in [0.29, 0.717) is 28.5 Å². The van der Waals surface area contributed by atoms with Gasteiger partial charge in [-0.2, -0.15) is 0 Å². The molecule has 1 fully saturated rings. The Morgan fingerprint density at radius 2 is 1.79 bits per heavy atom. The molecule has 0 unspecified atom stereocenters. The molecule has 1 amide bonds. The van der Waals surface area contributed by atoms with Gasteiger partial charge in [0.25, 0.3) is 5.91 Å². The molecule has 1 saturated heterocycles. The summed E-state index contributed by atoms with van der Waals surface area (Å²) in [5.74, 6) is -0.278. The number of hydrogen-bond acceptors (Lipinski definition) is 4. The van der Waals surface area contributed by atoms with Crippen molar-refractivity contribution in [1.29, 1.82) is 0 Å². The molecule has 4 rings (SSSR count). The van der Waals surface area contributed by atoms with E-state index in [1.54, 1.807) is 17.0 Å². The van der Waals surface area contributed by atoms with Crippen molar-refractivity contribution < 1.29 is 9.21 Å². The van der Waals surface area contributed by atoms with Crippen LogP contribution in [0.4, 0.5) is 5.69 Å². The van der Waals surface area contributed by atoms with Gasteiger partial charge in [-0.25, -0.2) is 4.79 Å². The van der Waals surface area contributed by atoms with Gasteiger partial charge in [-0.1, -0.05) is 41.1 Å². The first-order valence-electron chi connectivity index (χ1n) is 9.53. The van der Waals surface area contributed by atoms with E-state index in [2.05, 4.69) is 61.9 Å². The van der Waals surface area contributed by atoms with Gasteiger partial charge in [0.2, 0.25) is 0 Å². The van der Waals surface area contributed by atoms with Crippen LogP contribution in [0.3, 0.4) is 0 Å². The molecule has 0 N–H and O–H groups in total. The number of hydrogen-bond donors (Lipinski definition) is 0. The van der Waals surface area contributed by atoms with E-state index in [0.717, 1.165) is 24.0 Å². The summed E-state index contributed by atoms with van der Waals surface area (Å²) in [4.78, 5) is 29.5. The van der Waals surface area contributed by atoms with Gasteiger partial charge >= 0.3 is 5.63 Å². The molecule has 29 heavy (non-hydrogen) atoms. The first-order valence-corrected chi connectivity index (χ1v) is 11.1. The van der Waals surface area contributed by atoms with Crippen LogP contribution in [0.25, 0.3) is 11.0 Å². The number of nitrogens with zero attached hydrogens (tertiary/aromatic N) is 2. The molecule has 0 spiro atoms. The summed E-state index contributed by atoms with van der Waals surface area (Å²) in [6.07, 6.45) is 0.971. The van der Waals surface area contributed by atoms with Gasteiger partial charge in [-0.15, -0.1) is 0 Å². The third-order valence-corrected chi connectivity index (χ3v) is 6.31. The lowest BCUT2D eigenvalue weighted by Gasteiger charge is -2.36. The van der Waals surface area contributed by atoms with E-state index in [4.69, 9.17) is 4.42 Å². The standard InChI is InChI=1S/C22H20Br2N2O3/c1-2-14-5-3-4-6-19(14)25-7-9-26(10-8-25)21(27)17-12-15-11-16(23)13-18(24)20(15)29-22(17)28/h3-6,11-13H,2,7-10H2,1H3. The fraction of sp³-hybridized carbons (Fsp3) is 0.273. The molecule has 2 aromatic carbocycles. The number of benzene rings is 2. The highest BCUT2D eigenvalue weighted by Crippen LogP contribution is 2.28. The molecular weight excluding hydrogens is 500 g/mol. The summed E-state index contributed by atoms with van der Waals surface area (Å²) in [6, 6.07) is 13.6. The Morgan fingerprint density at radius 1 is 1.07 bits per heavy atom. The summed E-state index contributed by atoms with van der Waals surface area (Å²) in [5.41, 5.74) is 2.44. The monoisotopic (exact) mass is 518 g/mol. The van der Waals surface area contributed by atoms with Crippen LogP contribution in [0.15, 0.2) is 60.6 Å². The fourth-order valence-electron chi connectivity index (χ4n) is 3.75. The van der Waals surface area contributed by atoms with Gasteiger partial charge in [0.1, 0.15) is 5.56 Å². The van der Waals surface area contributed by atoms with Crippen molar-refractivity contribution in [2.45, 2.75) is 13.3 Å². The Labute approximate surface area is 185 Å². The maximum absolute atomic E-state index is 13.0. The fourth-order valence-corrected chi connectivity index (χ4v) is 5.08. The van der Waals surface area contributed by atoms with E-state index in [1.807, 2.05) is 12.1 Å². The third kappa shape index (κ3) is 3.98. The molecule has 2 heterocycles. The molecule has 1 aliphatic rings. The van der Waals surface area contributed by atoms with E-state index in [1.165, 1.54) is 11.3 Å². The van der Waals surface area contributed by atoms with E-state index in [9.17, 15) is 9.59 Å². The number of piperazine rings is 1. The SMILES string of the molecule is CCc1ccccc1N1CCN(C(=O)c2cc3cc(Br)cc(Br)c3oc2=O)CC1. The summed E-state index contributed by atoms with van der Waals surface area (Å²) >= 11 is 6.83. The van der Waals surface area contributed by atoms with Crippen LogP contribution in [-0.4, -0.2) is 37.0 Å². The second-order valence-electron chi connectivity index (χ2n) is 7.02. The molecule has 0 atom stereocenters. The van der Waals surface area contributed by atoms with Gasteiger partial charge in [-0.05, 0) is 52.2 Å². The molecule has 0 saturated carbocycles. The zero-order valence-corrected chi connectivity index (χ0v) is 19.1. The summed E-state index contributed by atoms with van der Waals surface area (Å²) in [7, 11) is 0. The second-order valence-corrected chi connectivity index (χ2v) is 8.79. The molecular formula is C22H20Br2N2O3. The minimum atomic E-state index is -0.607. The normalized spacial score (nSPS) is 14.4. The smallest absolute Gasteiger partial charge is 0.349 e. The Bertz CT molecular complexity index is 1130. The van der Waals surface area contributed by atoms with Crippen LogP contribution < -0.4 is 10.5 Å². The number of para-hydroxylation sites is 1. The molecule has 1 aromatic heterocycles. The van der Waals surface area contributed by atoms with Gasteiger partial charge in [0, 0.05) is 41.7 Å². The Kier molecular flexibility index (Phi) is 5.79. The first kappa shape index (κ1) is 20.2. The summed E-state index contributed by atoms with van der Waals surface area (Å²) in [6.45, 7) is 4.75. The van der Waals surface area contributed by atoms with Crippen LogP contribution in [0.2, 0.25) is 0 Å². The maximum atomic E-state index is 13.0.